The number of rotatable bonds is 6. The highest BCUT2D eigenvalue weighted by Gasteiger charge is 2.26. The molecule has 1 aliphatic heterocycles. The number of likely N-dealkylation sites (tertiary alicyclic amines) is 1. The zero-order valence-corrected chi connectivity index (χ0v) is 17.3. The molecule has 30 heavy (non-hydrogen) atoms. The zero-order chi connectivity index (χ0) is 20.8. The molecular weight excluding hydrogens is 374 g/mol. The number of piperidine rings is 1. The molecule has 0 bridgehead atoms. The van der Waals surface area contributed by atoms with Crippen molar-refractivity contribution < 1.29 is 4.79 Å². The van der Waals surface area contributed by atoms with Gasteiger partial charge in [-0.3, -0.25) is 9.78 Å². The van der Waals surface area contributed by atoms with Gasteiger partial charge in [0.2, 0.25) is 5.91 Å². The normalized spacial score (nSPS) is 14.5. The molecule has 0 radical (unpaired) electrons. The van der Waals surface area contributed by atoms with Crippen molar-refractivity contribution in [2.24, 2.45) is 0 Å². The molecule has 0 aliphatic carbocycles. The molecule has 0 spiro atoms. The summed E-state index contributed by atoms with van der Waals surface area (Å²) in [6, 6.07) is 15.9. The molecule has 6 nitrogen and oxygen atoms in total. The zero-order valence-electron chi connectivity index (χ0n) is 17.3. The molecule has 0 unspecified atom stereocenters. The van der Waals surface area contributed by atoms with Crippen molar-refractivity contribution in [2.45, 2.75) is 38.5 Å². The molecule has 0 saturated carbocycles. The van der Waals surface area contributed by atoms with Gasteiger partial charge in [-0.1, -0.05) is 25.1 Å². The van der Waals surface area contributed by atoms with E-state index in [1.165, 1.54) is 0 Å². The van der Waals surface area contributed by atoms with Crippen molar-refractivity contribution in [1.82, 2.24) is 19.9 Å². The lowest BCUT2D eigenvalue weighted by molar-refractivity contribution is -0.132. The van der Waals surface area contributed by atoms with Crippen LogP contribution >= 0.6 is 0 Å². The van der Waals surface area contributed by atoms with E-state index in [-0.39, 0.29) is 11.8 Å². The third-order valence-corrected chi connectivity index (χ3v) is 5.44. The largest absolute Gasteiger partial charge is 0.343 e. The molecule has 3 aromatic rings. The second-order valence-electron chi connectivity index (χ2n) is 7.63. The van der Waals surface area contributed by atoms with Gasteiger partial charge in [0, 0.05) is 55.1 Å². The Morgan fingerprint density at radius 2 is 1.80 bits per heavy atom. The Morgan fingerprint density at radius 1 is 1.07 bits per heavy atom. The molecule has 1 amide bonds. The number of carbonyl (C=O) groups is 1. The van der Waals surface area contributed by atoms with Gasteiger partial charge in [-0.2, -0.15) is 0 Å². The van der Waals surface area contributed by atoms with Gasteiger partial charge in [0.05, 0.1) is 5.69 Å². The smallest absolute Gasteiger partial charge is 0.222 e. The van der Waals surface area contributed by atoms with Gasteiger partial charge in [0.25, 0.3) is 0 Å². The highest BCUT2D eigenvalue weighted by Crippen LogP contribution is 2.30. The van der Waals surface area contributed by atoms with Crippen LogP contribution in [-0.4, -0.2) is 38.8 Å². The van der Waals surface area contributed by atoms with Crippen LogP contribution in [0.25, 0.3) is 11.3 Å². The van der Waals surface area contributed by atoms with Crippen LogP contribution in [0.15, 0.2) is 60.9 Å². The van der Waals surface area contributed by atoms with Gasteiger partial charge in [-0.05, 0) is 43.5 Å². The van der Waals surface area contributed by atoms with Crippen LogP contribution in [0.1, 0.15) is 44.3 Å². The van der Waals surface area contributed by atoms with Crippen LogP contribution in [0.3, 0.4) is 0 Å². The number of aromatic nitrogens is 3. The van der Waals surface area contributed by atoms with E-state index < -0.39 is 0 Å². The van der Waals surface area contributed by atoms with Crippen molar-refractivity contribution in [3.63, 3.8) is 0 Å². The van der Waals surface area contributed by atoms with Gasteiger partial charge in [-0.25, -0.2) is 9.97 Å². The van der Waals surface area contributed by atoms with E-state index in [0.717, 1.165) is 60.9 Å². The number of amides is 1. The van der Waals surface area contributed by atoms with Crippen molar-refractivity contribution in [2.75, 3.05) is 18.4 Å². The molecule has 6 heteroatoms. The van der Waals surface area contributed by atoms with E-state index in [4.69, 9.17) is 9.97 Å². The van der Waals surface area contributed by atoms with Crippen molar-refractivity contribution in [3.05, 3.63) is 66.7 Å². The van der Waals surface area contributed by atoms with E-state index in [1.54, 1.807) is 12.4 Å². The van der Waals surface area contributed by atoms with E-state index in [2.05, 4.69) is 10.3 Å². The Balaban J connectivity index is 1.59. The molecular formula is C24H27N5O. The monoisotopic (exact) mass is 401 g/mol. The number of para-hydroxylation sites is 1. The second-order valence-corrected chi connectivity index (χ2v) is 7.63. The van der Waals surface area contributed by atoms with Crippen LogP contribution in [0.5, 0.6) is 0 Å². The van der Waals surface area contributed by atoms with Crippen LogP contribution in [-0.2, 0) is 4.79 Å². The molecule has 4 rings (SSSR count). The summed E-state index contributed by atoms with van der Waals surface area (Å²) in [4.78, 5) is 28.1. The summed E-state index contributed by atoms with van der Waals surface area (Å²) in [6.07, 6.45) is 6.85. The highest BCUT2D eigenvalue weighted by atomic mass is 16.2. The minimum absolute atomic E-state index is 0.244. The minimum atomic E-state index is 0.244. The lowest BCUT2D eigenvalue weighted by Crippen LogP contribution is -2.38. The van der Waals surface area contributed by atoms with Crippen LogP contribution in [0.4, 0.5) is 11.5 Å². The van der Waals surface area contributed by atoms with Gasteiger partial charge in [-0.15, -0.1) is 0 Å². The summed E-state index contributed by atoms with van der Waals surface area (Å²) in [5.41, 5.74) is 2.88. The first-order valence-corrected chi connectivity index (χ1v) is 10.6. The fourth-order valence-corrected chi connectivity index (χ4v) is 3.81. The van der Waals surface area contributed by atoms with Crippen LogP contribution in [0.2, 0.25) is 0 Å². The van der Waals surface area contributed by atoms with Gasteiger partial charge < -0.3 is 10.2 Å². The van der Waals surface area contributed by atoms with Gasteiger partial charge in [0.1, 0.15) is 11.6 Å². The standard InChI is InChI=1S/C24H27N5O/c1-2-6-23(30)29-15-11-19(12-16-29)24-27-21(18-9-13-25-14-10-18)17-22(28-24)26-20-7-4-3-5-8-20/h3-5,7-10,13-14,17,19H,2,6,11-12,15-16H2,1H3,(H,26,27,28). The Kier molecular flexibility index (Phi) is 6.32. The summed E-state index contributed by atoms with van der Waals surface area (Å²) >= 11 is 0. The molecule has 2 aromatic heterocycles. The van der Waals surface area contributed by atoms with Crippen molar-refractivity contribution in [1.29, 1.82) is 0 Å². The maximum atomic E-state index is 12.2. The van der Waals surface area contributed by atoms with E-state index in [1.807, 2.05) is 60.4 Å². The topological polar surface area (TPSA) is 71.0 Å². The molecule has 3 heterocycles. The van der Waals surface area contributed by atoms with Gasteiger partial charge >= 0.3 is 0 Å². The molecule has 1 N–H and O–H groups in total. The maximum absolute atomic E-state index is 12.2. The van der Waals surface area contributed by atoms with Crippen LogP contribution < -0.4 is 5.32 Å². The molecule has 1 fully saturated rings. The molecule has 1 aliphatic rings. The Morgan fingerprint density at radius 3 is 2.50 bits per heavy atom. The predicted molar refractivity (Wildman–Crippen MR) is 118 cm³/mol. The van der Waals surface area contributed by atoms with E-state index in [9.17, 15) is 4.79 Å². The maximum Gasteiger partial charge on any atom is 0.222 e. The Hall–Kier alpha value is -3.28. The summed E-state index contributed by atoms with van der Waals surface area (Å²) < 4.78 is 0. The SMILES string of the molecule is CCCC(=O)N1CCC(c2nc(Nc3ccccc3)cc(-c3ccncc3)n2)CC1. The number of hydrogen-bond acceptors (Lipinski definition) is 5. The second kappa shape index (κ2) is 9.48. The third-order valence-electron chi connectivity index (χ3n) is 5.44. The average Bonchev–Trinajstić information content (AvgIpc) is 2.80. The lowest BCUT2D eigenvalue weighted by atomic mass is 9.95. The first kappa shape index (κ1) is 20.0. The minimum Gasteiger partial charge on any atom is -0.343 e. The highest BCUT2D eigenvalue weighted by molar-refractivity contribution is 5.76. The third kappa shape index (κ3) is 4.82. The first-order chi connectivity index (χ1) is 14.7. The Bertz CT molecular complexity index is 969. The number of hydrogen-bond donors (Lipinski definition) is 1. The molecule has 0 atom stereocenters. The van der Waals surface area contributed by atoms with Crippen molar-refractivity contribution in [3.8, 4) is 11.3 Å². The number of benzene rings is 1. The fraction of sp³-hybridized carbons (Fsp3) is 0.333. The number of carbonyl (C=O) groups excluding carboxylic acids is 1. The molecule has 1 aromatic carbocycles. The van der Waals surface area contributed by atoms with Crippen LogP contribution in [0, 0.1) is 0 Å². The lowest BCUT2D eigenvalue weighted by Gasteiger charge is -2.31. The number of anilines is 2. The average molecular weight is 402 g/mol. The fourth-order valence-electron chi connectivity index (χ4n) is 3.81. The molecule has 154 valence electrons. The first-order valence-electron chi connectivity index (χ1n) is 10.6. The number of nitrogens with zero attached hydrogens (tertiary/aromatic N) is 4. The Labute approximate surface area is 177 Å². The summed E-state index contributed by atoms with van der Waals surface area (Å²) in [5, 5.41) is 3.41. The van der Waals surface area contributed by atoms with E-state index >= 15 is 0 Å². The summed E-state index contributed by atoms with van der Waals surface area (Å²) in [5.74, 6) is 2.12. The number of nitrogens with one attached hydrogen (secondary N) is 1. The van der Waals surface area contributed by atoms with Crippen molar-refractivity contribution >= 4 is 17.4 Å². The quantitative estimate of drug-likeness (QED) is 0.643. The predicted octanol–water partition coefficient (Wildman–Crippen LogP) is 4.79. The molecule has 1 saturated heterocycles. The number of pyridine rings is 1. The summed E-state index contributed by atoms with van der Waals surface area (Å²) in [6.45, 7) is 3.59. The van der Waals surface area contributed by atoms with E-state index in [0.29, 0.717) is 6.42 Å². The van der Waals surface area contributed by atoms with Gasteiger partial charge in [0.15, 0.2) is 0 Å². The summed E-state index contributed by atoms with van der Waals surface area (Å²) in [7, 11) is 0.